The summed E-state index contributed by atoms with van der Waals surface area (Å²) in [4.78, 5) is 44.1. The van der Waals surface area contributed by atoms with Crippen LogP contribution in [0, 0.1) is 18.2 Å². The smallest absolute Gasteiger partial charge is 0.328 e. The number of ether oxygens (including phenoxy) is 1. The van der Waals surface area contributed by atoms with Crippen molar-refractivity contribution in [2.75, 3.05) is 11.4 Å². The molecule has 2 N–H and O–H groups in total. The number of hydrogen-bond acceptors (Lipinski definition) is 9. The Bertz CT molecular complexity index is 1380. The lowest BCUT2D eigenvalue weighted by Crippen LogP contribution is -2.75. The highest BCUT2D eigenvalue weighted by Crippen LogP contribution is 2.49. The highest BCUT2D eigenvalue weighted by atomic mass is 19.1. The van der Waals surface area contributed by atoms with Gasteiger partial charge in [0, 0.05) is 13.0 Å². The first-order valence-electron chi connectivity index (χ1n) is 10.8. The summed E-state index contributed by atoms with van der Waals surface area (Å²) in [6.45, 7) is 5.50. The maximum absolute atomic E-state index is 16.0. The third kappa shape index (κ3) is 2.55. The zero-order chi connectivity index (χ0) is 23.9. The van der Waals surface area contributed by atoms with Gasteiger partial charge in [0.1, 0.15) is 12.2 Å². The van der Waals surface area contributed by atoms with Gasteiger partial charge in [0.25, 0.3) is 0 Å². The molecule has 5 heterocycles. The SMILES string of the molecule is Cc1ncnn1-c1noc2c(F)c3c(cc12)CC1(C(=O)NC(=O)NC1=O)[C@H]1[C@H](C)O[C@H](C)CN31. The first kappa shape index (κ1) is 20.7. The normalized spacial score (nSPS) is 25.8. The molecule has 3 atom stereocenters. The molecule has 176 valence electrons. The molecule has 3 aliphatic heterocycles. The molecular weight excluding hydrogens is 449 g/mol. The van der Waals surface area contributed by atoms with Gasteiger partial charge in [0.2, 0.25) is 23.2 Å². The number of carbonyl (C=O) groups is 3. The van der Waals surface area contributed by atoms with Gasteiger partial charge < -0.3 is 14.2 Å². The van der Waals surface area contributed by atoms with Crippen LogP contribution in [-0.4, -0.2) is 62.6 Å². The summed E-state index contributed by atoms with van der Waals surface area (Å²) in [5.74, 6) is -1.39. The lowest BCUT2D eigenvalue weighted by molar-refractivity contribution is -0.153. The van der Waals surface area contributed by atoms with Crippen molar-refractivity contribution < 1.29 is 28.0 Å². The number of barbiturate groups is 1. The second-order valence-corrected chi connectivity index (χ2v) is 8.93. The highest BCUT2D eigenvalue weighted by Gasteiger charge is 2.63. The van der Waals surface area contributed by atoms with Crippen molar-refractivity contribution >= 4 is 34.5 Å². The van der Waals surface area contributed by atoms with Gasteiger partial charge in [-0.25, -0.2) is 14.2 Å². The molecule has 13 heteroatoms. The molecule has 0 aliphatic carbocycles. The number of rotatable bonds is 1. The van der Waals surface area contributed by atoms with Crippen LogP contribution in [0.2, 0.25) is 0 Å². The van der Waals surface area contributed by atoms with Crippen molar-refractivity contribution in [1.82, 2.24) is 30.6 Å². The van der Waals surface area contributed by atoms with Crippen molar-refractivity contribution in [3.05, 3.63) is 29.6 Å². The van der Waals surface area contributed by atoms with Gasteiger partial charge in [-0.2, -0.15) is 9.78 Å². The Kier molecular flexibility index (Phi) is 4.16. The van der Waals surface area contributed by atoms with Crippen LogP contribution in [0.4, 0.5) is 14.9 Å². The lowest BCUT2D eigenvalue weighted by Gasteiger charge is -2.55. The number of nitrogens with zero attached hydrogens (tertiary/aromatic N) is 5. The molecule has 2 fully saturated rings. The van der Waals surface area contributed by atoms with E-state index in [0.717, 1.165) is 0 Å². The van der Waals surface area contributed by atoms with E-state index in [1.807, 2.05) is 6.92 Å². The number of aromatic nitrogens is 4. The minimum absolute atomic E-state index is 0.0714. The van der Waals surface area contributed by atoms with E-state index in [4.69, 9.17) is 9.26 Å². The van der Waals surface area contributed by atoms with E-state index in [1.54, 1.807) is 24.8 Å². The molecular formula is C21H20FN7O5. The van der Waals surface area contributed by atoms with Crippen LogP contribution in [0.25, 0.3) is 16.8 Å². The molecule has 3 aromatic rings. The lowest BCUT2D eigenvalue weighted by atomic mass is 9.66. The largest absolute Gasteiger partial charge is 0.372 e. The summed E-state index contributed by atoms with van der Waals surface area (Å²) >= 11 is 0. The predicted octanol–water partition coefficient (Wildman–Crippen LogP) is 0.747. The monoisotopic (exact) mass is 469 g/mol. The van der Waals surface area contributed by atoms with Crippen molar-refractivity contribution in [2.45, 2.75) is 45.4 Å². The Morgan fingerprint density at radius 2 is 1.94 bits per heavy atom. The number of benzene rings is 1. The number of amides is 4. The van der Waals surface area contributed by atoms with Gasteiger partial charge in [-0.15, -0.1) is 0 Å². The zero-order valence-corrected chi connectivity index (χ0v) is 18.5. The molecule has 2 saturated heterocycles. The first-order valence-corrected chi connectivity index (χ1v) is 10.8. The number of hydrogen-bond donors (Lipinski definition) is 2. The van der Waals surface area contributed by atoms with Crippen LogP contribution in [-0.2, 0) is 20.7 Å². The van der Waals surface area contributed by atoms with Crippen LogP contribution < -0.4 is 15.5 Å². The molecule has 4 amide bonds. The minimum atomic E-state index is -1.71. The third-order valence-electron chi connectivity index (χ3n) is 6.86. The average Bonchev–Trinajstić information content (AvgIpc) is 3.37. The molecule has 0 unspecified atom stereocenters. The zero-order valence-electron chi connectivity index (χ0n) is 18.5. The number of carbonyl (C=O) groups excluding carboxylic acids is 3. The molecule has 0 bridgehead atoms. The fraction of sp³-hybridized carbons (Fsp3) is 0.429. The number of morpholine rings is 1. The molecule has 34 heavy (non-hydrogen) atoms. The van der Waals surface area contributed by atoms with Crippen molar-refractivity contribution in [1.29, 1.82) is 0 Å². The topological polar surface area (TPSA) is 144 Å². The maximum Gasteiger partial charge on any atom is 0.328 e. The second-order valence-electron chi connectivity index (χ2n) is 8.93. The van der Waals surface area contributed by atoms with Crippen molar-refractivity contribution in [3.63, 3.8) is 0 Å². The summed E-state index contributed by atoms with van der Waals surface area (Å²) in [6, 6.07) is -0.0861. The molecule has 0 radical (unpaired) electrons. The minimum Gasteiger partial charge on any atom is -0.372 e. The van der Waals surface area contributed by atoms with Gasteiger partial charge in [-0.05, 0) is 32.4 Å². The summed E-state index contributed by atoms with van der Waals surface area (Å²) < 4.78 is 28.8. The molecule has 3 aliphatic rings. The maximum atomic E-state index is 16.0. The Balaban J connectivity index is 1.61. The van der Waals surface area contributed by atoms with E-state index >= 15 is 4.39 Å². The van der Waals surface area contributed by atoms with Crippen LogP contribution in [0.1, 0.15) is 25.2 Å². The highest BCUT2D eigenvalue weighted by molar-refractivity contribution is 6.20. The van der Waals surface area contributed by atoms with Gasteiger partial charge in [0.15, 0.2) is 11.2 Å². The van der Waals surface area contributed by atoms with Gasteiger partial charge in [-0.3, -0.25) is 20.2 Å². The molecule has 6 rings (SSSR count). The van der Waals surface area contributed by atoms with E-state index < -0.39 is 41.2 Å². The van der Waals surface area contributed by atoms with Crippen LogP contribution >= 0.6 is 0 Å². The summed E-state index contributed by atoms with van der Waals surface area (Å²) in [6.07, 6.45) is 0.280. The quantitative estimate of drug-likeness (QED) is 0.493. The fourth-order valence-corrected chi connectivity index (χ4v) is 5.60. The molecule has 1 spiro atoms. The molecule has 2 aromatic heterocycles. The Labute approximate surface area is 191 Å². The van der Waals surface area contributed by atoms with Crippen LogP contribution in [0.3, 0.4) is 0 Å². The number of fused-ring (bicyclic) bond motifs is 5. The fourth-order valence-electron chi connectivity index (χ4n) is 5.60. The summed E-state index contributed by atoms with van der Waals surface area (Å²) in [5, 5.41) is 12.9. The van der Waals surface area contributed by atoms with E-state index in [-0.39, 0.29) is 36.2 Å². The summed E-state index contributed by atoms with van der Waals surface area (Å²) in [5.41, 5.74) is -1.15. The Morgan fingerprint density at radius 3 is 2.62 bits per heavy atom. The van der Waals surface area contributed by atoms with Crippen LogP contribution in [0.15, 0.2) is 16.9 Å². The van der Waals surface area contributed by atoms with E-state index in [9.17, 15) is 14.4 Å². The third-order valence-corrected chi connectivity index (χ3v) is 6.86. The number of aryl methyl sites for hydroxylation is 1. The van der Waals surface area contributed by atoms with Crippen molar-refractivity contribution in [2.24, 2.45) is 5.41 Å². The summed E-state index contributed by atoms with van der Waals surface area (Å²) in [7, 11) is 0. The number of nitrogens with one attached hydrogen (secondary N) is 2. The van der Waals surface area contributed by atoms with Gasteiger partial charge in [0.05, 0.1) is 29.3 Å². The van der Waals surface area contributed by atoms with E-state index in [0.29, 0.717) is 16.8 Å². The average molecular weight is 469 g/mol. The molecule has 0 saturated carbocycles. The van der Waals surface area contributed by atoms with E-state index in [2.05, 4.69) is 25.9 Å². The van der Waals surface area contributed by atoms with E-state index in [1.165, 1.54) is 11.0 Å². The predicted molar refractivity (Wildman–Crippen MR) is 113 cm³/mol. The van der Waals surface area contributed by atoms with Gasteiger partial charge in [-0.1, -0.05) is 5.16 Å². The Morgan fingerprint density at radius 1 is 1.21 bits per heavy atom. The number of urea groups is 1. The molecule has 1 aromatic carbocycles. The number of imide groups is 2. The first-order chi connectivity index (χ1) is 16.2. The standard InChI is InChI=1S/C21H20FN7O5/c1-8-6-28-14-11(4-12-15(13(14)22)34-27-17(12)29-10(3)23-7-24-29)5-21(16(28)9(2)33-8)18(30)25-20(32)26-19(21)31/h4,7-9,16H,5-6H2,1-3H3,(H2,25,26,30,31,32)/t8-,9+,16-/m1/s1. The second kappa shape index (κ2) is 6.82. The molecule has 12 nitrogen and oxygen atoms in total. The van der Waals surface area contributed by atoms with Crippen LogP contribution in [0.5, 0.6) is 0 Å². The van der Waals surface area contributed by atoms with Gasteiger partial charge >= 0.3 is 6.03 Å². The Hall–Kier alpha value is -3.87. The number of anilines is 1. The van der Waals surface area contributed by atoms with Crippen molar-refractivity contribution in [3.8, 4) is 5.82 Å². The number of halogens is 1.